The molecule has 0 saturated carbocycles. The standard InChI is InChI=1S/C15H22N4O.2ClH/c1-3-19-13-7-5-4-6-12(13)18-14(19)8-9-17-15(20)10-11(2)16;;/h4-7,11H,3,8-10,16H2,1-2H3,(H,17,20);2*1H. The Kier molecular flexibility index (Phi) is 9.09. The van der Waals surface area contributed by atoms with Crippen LogP contribution in [0.2, 0.25) is 0 Å². The highest BCUT2D eigenvalue weighted by molar-refractivity contribution is 5.85. The first-order chi connectivity index (χ1) is 9.61. The van der Waals surface area contributed by atoms with Crippen molar-refractivity contribution >= 4 is 41.8 Å². The van der Waals surface area contributed by atoms with E-state index in [1.54, 1.807) is 0 Å². The average molecular weight is 347 g/mol. The molecule has 1 aromatic heterocycles. The first kappa shape index (κ1) is 20.7. The van der Waals surface area contributed by atoms with Gasteiger partial charge in [-0.05, 0) is 26.0 Å². The molecule has 0 saturated heterocycles. The zero-order valence-electron chi connectivity index (χ0n) is 12.9. The smallest absolute Gasteiger partial charge is 0.221 e. The summed E-state index contributed by atoms with van der Waals surface area (Å²) in [5.41, 5.74) is 7.75. The van der Waals surface area contributed by atoms with Crippen molar-refractivity contribution in [3.8, 4) is 0 Å². The number of fused-ring (bicyclic) bond motifs is 1. The SMILES string of the molecule is CCn1c(CCNC(=O)CC(C)N)nc2ccccc21.Cl.Cl. The van der Waals surface area contributed by atoms with Gasteiger partial charge >= 0.3 is 0 Å². The Bertz CT molecular complexity index is 598. The molecule has 2 aromatic rings. The normalized spacial score (nSPS) is 11.4. The number of benzene rings is 1. The van der Waals surface area contributed by atoms with Crippen LogP contribution >= 0.6 is 24.8 Å². The van der Waals surface area contributed by atoms with Gasteiger partial charge in [-0.3, -0.25) is 4.79 Å². The molecule has 1 unspecified atom stereocenters. The second-order valence-electron chi connectivity index (χ2n) is 5.04. The maximum Gasteiger partial charge on any atom is 0.221 e. The number of nitrogens with one attached hydrogen (secondary N) is 1. The molecule has 0 aliphatic rings. The predicted molar refractivity (Wildman–Crippen MR) is 94.9 cm³/mol. The van der Waals surface area contributed by atoms with E-state index in [2.05, 4.69) is 27.9 Å². The maximum absolute atomic E-state index is 11.6. The summed E-state index contributed by atoms with van der Waals surface area (Å²) in [6, 6.07) is 7.99. The molecule has 1 amide bonds. The van der Waals surface area contributed by atoms with Gasteiger partial charge in [-0.2, -0.15) is 0 Å². The summed E-state index contributed by atoms with van der Waals surface area (Å²) in [5.74, 6) is 1.01. The summed E-state index contributed by atoms with van der Waals surface area (Å²) in [5, 5.41) is 2.89. The van der Waals surface area contributed by atoms with Crippen molar-refractivity contribution in [3.05, 3.63) is 30.1 Å². The monoisotopic (exact) mass is 346 g/mol. The molecule has 5 nitrogen and oxygen atoms in total. The lowest BCUT2D eigenvalue weighted by Gasteiger charge is -2.08. The summed E-state index contributed by atoms with van der Waals surface area (Å²) >= 11 is 0. The number of nitrogens with two attached hydrogens (primary N) is 1. The molecule has 0 radical (unpaired) electrons. The van der Waals surface area contributed by atoms with Gasteiger partial charge in [0.1, 0.15) is 5.82 Å². The van der Waals surface area contributed by atoms with Crippen LogP contribution in [0.25, 0.3) is 11.0 Å². The molecule has 0 fully saturated rings. The molecule has 0 bridgehead atoms. The average Bonchev–Trinajstić information content (AvgIpc) is 2.75. The fourth-order valence-corrected chi connectivity index (χ4v) is 2.35. The number of aromatic nitrogens is 2. The van der Waals surface area contributed by atoms with Crippen LogP contribution < -0.4 is 11.1 Å². The van der Waals surface area contributed by atoms with E-state index in [1.807, 2.05) is 25.1 Å². The first-order valence-electron chi connectivity index (χ1n) is 7.08. The summed E-state index contributed by atoms with van der Waals surface area (Å²) in [7, 11) is 0. The zero-order valence-corrected chi connectivity index (χ0v) is 14.5. The van der Waals surface area contributed by atoms with Crippen LogP contribution in [0, 0.1) is 0 Å². The van der Waals surface area contributed by atoms with Gasteiger partial charge in [0.15, 0.2) is 0 Å². The minimum absolute atomic E-state index is 0. The molecule has 22 heavy (non-hydrogen) atoms. The number of para-hydroxylation sites is 2. The summed E-state index contributed by atoms with van der Waals surface area (Å²) in [6.45, 7) is 5.40. The Balaban J connectivity index is 0.00000220. The van der Waals surface area contributed by atoms with Crippen LogP contribution in [0.5, 0.6) is 0 Å². The summed E-state index contributed by atoms with van der Waals surface area (Å²) < 4.78 is 2.19. The zero-order chi connectivity index (χ0) is 14.5. The van der Waals surface area contributed by atoms with Crippen molar-refractivity contribution in [2.45, 2.75) is 39.3 Å². The third kappa shape index (κ3) is 5.16. The number of amides is 1. The summed E-state index contributed by atoms with van der Waals surface area (Å²) in [4.78, 5) is 16.2. The van der Waals surface area contributed by atoms with Gasteiger partial charge in [0.25, 0.3) is 0 Å². The van der Waals surface area contributed by atoms with E-state index < -0.39 is 0 Å². The molecule has 0 aliphatic heterocycles. The maximum atomic E-state index is 11.6. The number of imidazole rings is 1. The number of nitrogens with zero attached hydrogens (tertiary/aromatic N) is 2. The molecule has 1 aromatic carbocycles. The number of aryl methyl sites for hydroxylation is 1. The largest absolute Gasteiger partial charge is 0.356 e. The molecule has 0 spiro atoms. The van der Waals surface area contributed by atoms with Crippen LogP contribution in [-0.4, -0.2) is 28.0 Å². The Morgan fingerprint density at radius 1 is 1.36 bits per heavy atom. The van der Waals surface area contributed by atoms with Crippen LogP contribution in [-0.2, 0) is 17.8 Å². The molecular formula is C15H24Cl2N4O. The molecule has 1 atom stereocenters. The van der Waals surface area contributed by atoms with Gasteiger partial charge in [-0.25, -0.2) is 4.98 Å². The molecule has 7 heteroatoms. The Morgan fingerprint density at radius 3 is 2.68 bits per heavy atom. The number of carbonyl (C=O) groups excluding carboxylic acids is 1. The minimum atomic E-state index is -0.102. The van der Waals surface area contributed by atoms with Crippen molar-refractivity contribution in [2.75, 3.05) is 6.54 Å². The number of hydrogen-bond acceptors (Lipinski definition) is 3. The van der Waals surface area contributed by atoms with E-state index in [1.165, 1.54) is 0 Å². The van der Waals surface area contributed by atoms with Crippen molar-refractivity contribution in [3.63, 3.8) is 0 Å². The highest BCUT2D eigenvalue weighted by Crippen LogP contribution is 2.15. The number of halogens is 2. The van der Waals surface area contributed by atoms with Crippen LogP contribution in [0.3, 0.4) is 0 Å². The predicted octanol–water partition coefficient (Wildman–Crippen LogP) is 2.30. The third-order valence-electron chi connectivity index (χ3n) is 3.23. The fourth-order valence-electron chi connectivity index (χ4n) is 2.35. The number of hydrogen-bond donors (Lipinski definition) is 2. The second kappa shape index (κ2) is 9.66. The van der Waals surface area contributed by atoms with E-state index in [0.717, 1.165) is 29.8 Å². The fraction of sp³-hybridized carbons (Fsp3) is 0.467. The van der Waals surface area contributed by atoms with Gasteiger partial charge in [0, 0.05) is 32.0 Å². The molecule has 0 aliphatic carbocycles. The van der Waals surface area contributed by atoms with Crippen molar-refractivity contribution in [1.82, 2.24) is 14.9 Å². The van der Waals surface area contributed by atoms with Crippen molar-refractivity contribution in [1.29, 1.82) is 0 Å². The molecule has 124 valence electrons. The third-order valence-corrected chi connectivity index (χ3v) is 3.23. The van der Waals surface area contributed by atoms with Gasteiger partial charge in [0.05, 0.1) is 11.0 Å². The van der Waals surface area contributed by atoms with E-state index in [0.29, 0.717) is 13.0 Å². The second-order valence-corrected chi connectivity index (χ2v) is 5.04. The lowest BCUT2D eigenvalue weighted by atomic mass is 10.2. The van der Waals surface area contributed by atoms with Gasteiger partial charge in [0.2, 0.25) is 5.91 Å². The van der Waals surface area contributed by atoms with E-state index >= 15 is 0 Å². The Hall–Kier alpha value is -1.30. The van der Waals surface area contributed by atoms with E-state index in [-0.39, 0.29) is 36.8 Å². The van der Waals surface area contributed by atoms with Gasteiger partial charge in [-0.1, -0.05) is 12.1 Å². The van der Waals surface area contributed by atoms with E-state index in [9.17, 15) is 4.79 Å². The topological polar surface area (TPSA) is 72.9 Å². The Labute approximate surface area is 143 Å². The van der Waals surface area contributed by atoms with Crippen LogP contribution in [0.4, 0.5) is 0 Å². The van der Waals surface area contributed by atoms with E-state index in [4.69, 9.17) is 5.73 Å². The molecule has 1 heterocycles. The molecule has 3 N–H and O–H groups in total. The number of carbonyl (C=O) groups is 1. The highest BCUT2D eigenvalue weighted by Gasteiger charge is 2.09. The van der Waals surface area contributed by atoms with Crippen LogP contribution in [0.15, 0.2) is 24.3 Å². The Morgan fingerprint density at radius 2 is 2.05 bits per heavy atom. The number of rotatable bonds is 6. The summed E-state index contributed by atoms with van der Waals surface area (Å²) in [6.07, 6.45) is 1.09. The highest BCUT2D eigenvalue weighted by atomic mass is 35.5. The molecular weight excluding hydrogens is 323 g/mol. The van der Waals surface area contributed by atoms with Crippen molar-refractivity contribution in [2.24, 2.45) is 5.73 Å². The quantitative estimate of drug-likeness (QED) is 0.842. The minimum Gasteiger partial charge on any atom is -0.356 e. The lowest BCUT2D eigenvalue weighted by Crippen LogP contribution is -2.31. The molecule has 2 rings (SSSR count). The first-order valence-corrected chi connectivity index (χ1v) is 7.08. The lowest BCUT2D eigenvalue weighted by molar-refractivity contribution is -0.121. The van der Waals surface area contributed by atoms with Gasteiger partial charge in [-0.15, -0.1) is 24.8 Å². The van der Waals surface area contributed by atoms with Crippen LogP contribution in [0.1, 0.15) is 26.1 Å². The van der Waals surface area contributed by atoms with Gasteiger partial charge < -0.3 is 15.6 Å². The van der Waals surface area contributed by atoms with Crippen molar-refractivity contribution < 1.29 is 4.79 Å².